The van der Waals surface area contributed by atoms with Gasteiger partial charge in [-0.2, -0.15) is 0 Å². The Morgan fingerprint density at radius 2 is 1.74 bits per heavy atom. The molecule has 0 spiro atoms. The van der Waals surface area contributed by atoms with E-state index in [1.54, 1.807) is 30.3 Å². The zero-order valence-corrected chi connectivity index (χ0v) is 17.3. The van der Waals surface area contributed by atoms with E-state index < -0.39 is 18.0 Å². The van der Waals surface area contributed by atoms with Gasteiger partial charge in [0.2, 0.25) is 11.9 Å². The first kappa shape index (κ1) is 20.5. The number of para-hydroxylation sites is 1. The summed E-state index contributed by atoms with van der Waals surface area (Å²) in [5.74, 6) is 0.232. The first-order valence-electron chi connectivity index (χ1n) is 9.63. The van der Waals surface area contributed by atoms with Crippen LogP contribution in [0, 0.1) is 0 Å². The maximum Gasteiger partial charge on any atom is 0.347 e. The van der Waals surface area contributed by atoms with E-state index >= 15 is 0 Å². The summed E-state index contributed by atoms with van der Waals surface area (Å²) in [4.78, 5) is 29.4. The van der Waals surface area contributed by atoms with Crippen LogP contribution in [0.15, 0.2) is 42.5 Å². The molecule has 8 heteroatoms. The van der Waals surface area contributed by atoms with Crippen LogP contribution in [0.4, 0.5) is 0 Å². The number of aromatic nitrogens is 1. The van der Waals surface area contributed by atoms with Crippen LogP contribution >= 0.6 is 0 Å². The lowest BCUT2D eigenvalue weighted by Crippen LogP contribution is -2.23. The predicted octanol–water partition coefficient (Wildman–Crippen LogP) is 3.40. The number of pyridine rings is 1. The summed E-state index contributed by atoms with van der Waals surface area (Å²) in [5, 5.41) is 0.620. The maximum atomic E-state index is 13.0. The normalized spacial score (nSPS) is 15.5. The Hall–Kier alpha value is -3.81. The molecule has 2 aromatic carbocycles. The Morgan fingerprint density at radius 1 is 1.03 bits per heavy atom. The number of esters is 2. The number of rotatable bonds is 6. The summed E-state index contributed by atoms with van der Waals surface area (Å²) >= 11 is 0. The van der Waals surface area contributed by atoms with Crippen molar-refractivity contribution in [2.24, 2.45) is 0 Å². The molecule has 0 aliphatic carbocycles. The summed E-state index contributed by atoms with van der Waals surface area (Å²) in [6, 6.07) is 12.4. The molecule has 1 fully saturated rings. The lowest BCUT2D eigenvalue weighted by Gasteiger charge is -2.15. The molecule has 31 heavy (non-hydrogen) atoms. The fourth-order valence-electron chi connectivity index (χ4n) is 3.50. The zero-order valence-electron chi connectivity index (χ0n) is 17.3. The molecule has 4 rings (SSSR count). The number of carbonyl (C=O) groups is 2. The third-order valence-electron chi connectivity index (χ3n) is 5.03. The minimum absolute atomic E-state index is 0.241. The molecule has 0 bridgehead atoms. The topological polar surface area (TPSA) is 93.2 Å². The second-order valence-corrected chi connectivity index (χ2v) is 6.84. The number of benzene rings is 2. The van der Waals surface area contributed by atoms with Crippen LogP contribution < -0.4 is 14.2 Å². The quantitative estimate of drug-likeness (QED) is 0.557. The van der Waals surface area contributed by atoms with Crippen LogP contribution in [0.3, 0.4) is 0 Å². The van der Waals surface area contributed by atoms with Gasteiger partial charge in [0.1, 0.15) is 0 Å². The third-order valence-corrected chi connectivity index (χ3v) is 5.03. The van der Waals surface area contributed by atoms with Crippen molar-refractivity contribution >= 4 is 22.8 Å². The molecular formula is C23H21NO7. The monoisotopic (exact) mass is 423 g/mol. The van der Waals surface area contributed by atoms with E-state index in [1.165, 1.54) is 21.3 Å². The van der Waals surface area contributed by atoms with Gasteiger partial charge in [0, 0.05) is 17.4 Å². The fraction of sp³-hybridized carbons (Fsp3) is 0.261. The van der Waals surface area contributed by atoms with E-state index in [0.717, 1.165) is 0 Å². The highest BCUT2D eigenvalue weighted by atomic mass is 16.6. The van der Waals surface area contributed by atoms with E-state index in [1.807, 2.05) is 12.1 Å². The number of ether oxygens (including phenoxy) is 5. The average molecular weight is 423 g/mol. The highest BCUT2D eigenvalue weighted by Gasteiger charge is 2.31. The summed E-state index contributed by atoms with van der Waals surface area (Å²) in [5.41, 5.74) is 2.08. The van der Waals surface area contributed by atoms with Crippen LogP contribution in [0.25, 0.3) is 22.2 Å². The van der Waals surface area contributed by atoms with E-state index in [0.29, 0.717) is 51.4 Å². The number of nitrogens with zero attached hydrogens (tertiary/aromatic N) is 1. The number of carbonyl (C=O) groups excluding carboxylic acids is 2. The summed E-state index contributed by atoms with van der Waals surface area (Å²) < 4.78 is 26.6. The van der Waals surface area contributed by atoms with Gasteiger partial charge in [0.15, 0.2) is 11.5 Å². The highest BCUT2D eigenvalue weighted by molar-refractivity contribution is 6.05. The van der Waals surface area contributed by atoms with Crippen LogP contribution in [-0.2, 0) is 14.3 Å². The molecule has 160 valence electrons. The molecule has 1 aliphatic rings. The van der Waals surface area contributed by atoms with Crippen molar-refractivity contribution in [1.82, 2.24) is 4.98 Å². The van der Waals surface area contributed by atoms with Gasteiger partial charge in [-0.05, 0) is 24.3 Å². The molecule has 1 aliphatic heterocycles. The number of hydrogen-bond donors (Lipinski definition) is 0. The molecule has 1 saturated heterocycles. The zero-order chi connectivity index (χ0) is 22.0. The first-order valence-corrected chi connectivity index (χ1v) is 9.63. The lowest BCUT2D eigenvalue weighted by atomic mass is 10.0. The Labute approximate surface area is 178 Å². The van der Waals surface area contributed by atoms with Gasteiger partial charge in [-0.25, -0.2) is 14.6 Å². The van der Waals surface area contributed by atoms with Gasteiger partial charge in [0.05, 0.1) is 44.7 Å². The van der Waals surface area contributed by atoms with Crippen molar-refractivity contribution in [1.29, 1.82) is 0 Å². The van der Waals surface area contributed by atoms with Gasteiger partial charge in [-0.3, -0.25) is 0 Å². The first-order chi connectivity index (χ1) is 15.0. The largest absolute Gasteiger partial charge is 0.493 e. The van der Waals surface area contributed by atoms with Crippen molar-refractivity contribution in [2.75, 3.05) is 27.9 Å². The number of hydrogen-bond acceptors (Lipinski definition) is 8. The maximum absolute atomic E-state index is 13.0. The Morgan fingerprint density at radius 3 is 2.35 bits per heavy atom. The molecule has 0 saturated carbocycles. The Balaban J connectivity index is 1.83. The molecule has 1 atom stereocenters. The Bertz CT molecular complexity index is 1130. The van der Waals surface area contributed by atoms with Crippen LogP contribution in [0.2, 0.25) is 0 Å². The molecule has 0 amide bonds. The molecule has 0 radical (unpaired) electrons. The minimum Gasteiger partial charge on any atom is -0.493 e. The Kier molecular flexibility index (Phi) is 5.62. The third kappa shape index (κ3) is 3.84. The summed E-state index contributed by atoms with van der Waals surface area (Å²) in [6.45, 7) is 0.241. The second kappa shape index (κ2) is 8.51. The van der Waals surface area contributed by atoms with Crippen LogP contribution in [-0.4, -0.2) is 51.0 Å². The number of methoxy groups -OCH3 is 3. The lowest BCUT2D eigenvalue weighted by molar-refractivity contribution is -0.145. The molecule has 1 unspecified atom stereocenters. The van der Waals surface area contributed by atoms with Gasteiger partial charge in [-0.15, -0.1) is 0 Å². The fourth-order valence-corrected chi connectivity index (χ4v) is 3.50. The van der Waals surface area contributed by atoms with Crippen LogP contribution in [0.5, 0.6) is 17.2 Å². The van der Waals surface area contributed by atoms with E-state index in [-0.39, 0.29) is 6.61 Å². The molecule has 2 heterocycles. The summed E-state index contributed by atoms with van der Waals surface area (Å²) in [6.07, 6.45) is -0.558. The van der Waals surface area contributed by atoms with E-state index in [4.69, 9.17) is 28.7 Å². The van der Waals surface area contributed by atoms with Crippen LogP contribution in [0.1, 0.15) is 16.8 Å². The van der Waals surface area contributed by atoms with Gasteiger partial charge >= 0.3 is 11.9 Å². The smallest absolute Gasteiger partial charge is 0.347 e. The highest BCUT2D eigenvalue weighted by Crippen LogP contribution is 2.41. The molecule has 0 N–H and O–H groups in total. The molecule has 8 nitrogen and oxygen atoms in total. The van der Waals surface area contributed by atoms with E-state index in [2.05, 4.69) is 0 Å². The molecule has 1 aromatic heterocycles. The minimum atomic E-state index is -0.899. The molecular weight excluding hydrogens is 402 g/mol. The van der Waals surface area contributed by atoms with Gasteiger partial charge in [0.25, 0.3) is 0 Å². The van der Waals surface area contributed by atoms with Crippen molar-refractivity contribution < 1.29 is 33.3 Å². The summed E-state index contributed by atoms with van der Waals surface area (Å²) in [7, 11) is 4.58. The van der Waals surface area contributed by atoms with Gasteiger partial charge < -0.3 is 23.7 Å². The number of fused-ring (bicyclic) bond motifs is 1. The second-order valence-electron chi connectivity index (χ2n) is 6.84. The van der Waals surface area contributed by atoms with Gasteiger partial charge in [-0.1, -0.05) is 18.2 Å². The van der Waals surface area contributed by atoms with E-state index in [9.17, 15) is 9.59 Å². The van der Waals surface area contributed by atoms with Crippen molar-refractivity contribution in [3.05, 3.63) is 48.0 Å². The standard InChI is InChI=1S/C23H21NO7/c1-27-19-10-13(11-20(28-2)21(19)29-3)17-12-15(14-6-4-5-7-16(14)24-17)22(25)31-18-8-9-30-23(18)26/h4-7,10-12,18H,8-9H2,1-3H3. The van der Waals surface area contributed by atoms with Crippen molar-refractivity contribution in [3.63, 3.8) is 0 Å². The molecule has 3 aromatic rings. The van der Waals surface area contributed by atoms with Crippen molar-refractivity contribution in [3.8, 4) is 28.5 Å². The predicted molar refractivity (Wildman–Crippen MR) is 112 cm³/mol. The van der Waals surface area contributed by atoms with Crippen molar-refractivity contribution in [2.45, 2.75) is 12.5 Å². The average Bonchev–Trinajstić information content (AvgIpc) is 3.21. The SMILES string of the molecule is COc1cc(-c2cc(C(=O)OC3CCOC3=O)c3ccccc3n2)cc(OC)c1OC. The number of cyclic esters (lactones) is 1.